The third kappa shape index (κ3) is 3.12. The summed E-state index contributed by atoms with van der Waals surface area (Å²) in [7, 11) is 0. The van der Waals surface area contributed by atoms with Crippen LogP contribution in [0.3, 0.4) is 0 Å². The van der Waals surface area contributed by atoms with Gasteiger partial charge in [0.25, 0.3) is 0 Å². The predicted molar refractivity (Wildman–Crippen MR) is 66.6 cm³/mol. The lowest BCUT2D eigenvalue weighted by Gasteiger charge is -2.08. The molecule has 0 saturated heterocycles. The van der Waals surface area contributed by atoms with Crippen molar-refractivity contribution in [1.29, 1.82) is 0 Å². The molecule has 2 rings (SSSR count). The normalized spacial score (nSPS) is 12.9. The quantitative estimate of drug-likeness (QED) is 0.889. The summed E-state index contributed by atoms with van der Waals surface area (Å²) in [5.74, 6) is 0. The van der Waals surface area contributed by atoms with Gasteiger partial charge in [0.15, 0.2) is 0 Å². The average molecular weight is 238 g/mol. The summed E-state index contributed by atoms with van der Waals surface area (Å²) in [6.07, 6.45) is 1.82. The Morgan fingerprint density at radius 2 is 2.27 bits per heavy atom. The van der Waals surface area contributed by atoms with Crippen molar-refractivity contribution in [3.8, 4) is 0 Å². The fraction of sp³-hybridized carbons (Fsp3) is 0.364. The highest BCUT2D eigenvalue weighted by Crippen LogP contribution is 2.13. The van der Waals surface area contributed by atoms with Gasteiger partial charge in [0, 0.05) is 17.8 Å². The SMILES string of the molecule is Cc1nc(CC(N)Cc2ccsc2)cs1. The second-order valence-corrected chi connectivity index (χ2v) is 5.50. The van der Waals surface area contributed by atoms with Gasteiger partial charge in [-0.05, 0) is 35.7 Å². The Morgan fingerprint density at radius 3 is 2.87 bits per heavy atom. The summed E-state index contributed by atoms with van der Waals surface area (Å²) in [6, 6.07) is 2.32. The molecule has 0 radical (unpaired) electrons. The lowest BCUT2D eigenvalue weighted by atomic mass is 10.1. The number of aromatic nitrogens is 1. The number of nitrogens with two attached hydrogens (primary N) is 1. The summed E-state index contributed by atoms with van der Waals surface area (Å²) in [5, 5.41) is 7.47. The zero-order chi connectivity index (χ0) is 10.7. The fourth-order valence-electron chi connectivity index (χ4n) is 1.55. The minimum Gasteiger partial charge on any atom is -0.327 e. The monoisotopic (exact) mass is 238 g/mol. The van der Waals surface area contributed by atoms with E-state index in [1.165, 1.54) is 5.56 Å². The molecule has 0 bridgehead atoms. The van der Waals surface area contributed by atoms with Crippen LogP contribution in [0.5, 0.6) is 0 Å². The van der Waals surface area contributed by atoms with E-state index >= 15 is 0 Å². The Hall–Kier alpha value is -0.710. The van der Waals surface area contributed by atoms with E-state index in [9.17, 15) is 0 Å². The van der Waals surface area contributed by atoms with Crippen LogP contribution >= 0.6 is 22.7 Å². The molecule has 2 aromatic rings. The van der Waals surface area contributed by atoms with Crippen LogP contribution in [-0.4, -0.2) is 11.0 Å². The fourth-order valence-corrected chi connectivity index (χ4v) is 2.86. The van der Waals surface area contributed by atoms with E-state index in [0.717, 1.165) is 23.5 Å². The first-order chi connectivity index (χ1) is 7.24. The van der Waals surface area contributed by atoms with Crippen LogP contribution in [0.2, 0.25) is 0 Å². The zero-order valence-electron chi connectivity index (χ0n) is 8.64. The smallest absolute Gasteiger partial charge is 0.0897 e. The molecule has 2 nitrogen and oxygen atoms in total. The summed E-state index contributed by atoms with van der Waals surface area (Å²) in [6.45, 7) is 2.03. The highest BCUT2D eigenvalue weighted by Gasteiger charge is 2.07. The van der Waals surface area contributed by atoms with Crippen molar-refractivity contribution >= 4 is 22.7 Å². The summed E-state index contributed by atoms with van der Waals surface area (Å²) < 4.78 is 0. The molecule has 4 heteroatoms. The number of nitrogens with zero attached hydrogens (tertiary/aromatic N) is 1. The molecule has 0 spiro atoms. The number of hydrogen-bond acceptors (Lipinski definition) is 4. The molecule has 80 valence electrons. The Bertz CT molecular complexity index is 406. The molecule has 1 unspecified atom stereocenters. The maximum Gasteiger partial charge on any atom is 0.0897 e. The van der Waals surface area contributed by atoms with E-state index < -0.39 is 0 Å². The summed E-state index contributed by atoms with van der Waals surface area (Å²) in [4.78, 5) is 4.42. The molecule has 0 aliphatic carbocycles. The van der Waals surface area contributed by atoms with Gasteiger partial charge in [-0.1, -0.05) is 0 Å². The summed E-state index contributed by atoms with van der Waals surface area (Å²) in [5.41, 5.74) is 8.53. The van der Waals surface area contributed by atoms with Crippen LogP contribution in [0.15, 0.2) is 22.2 Å². The van der Waals surface area contributed by atoms with Gasteiger partial charge in [0.05, 0.1) is 10.7 Å². The Kier molecular flexibility index (Phi) is 3.51. The average Bonchev–Trinajstić information content (AvgIpc) is 2.77. The van der Waals surface area contributed by atoms with Crippen molar-refractivity contribution in [1.82, 2.24) is 4.98 Å². The van der Waals surface area contributed by atoms with Gasteiger partial charge < -0.3 is 5.73 Å². The Labute approximate surface area is 97.8 Å². The van der Waals surface area contributed by atoms with E-state index in [1.807, 2.05) is 6.92 Å². The first kappa shape index (κ1) is 10.8. The molecule has 2 N–H and O–H groups in total. The van der Waals surface area contributed by atoms with Gasteiger partial charge in [0.1, 0.15) is 0 Å². The standard InChI is InChI=1S/C11H14N2S2/c1-8-13-11(7-15-8)5-10(12)4-9-2-3-14-6-9/h2-3,6-7,10H,4-5,12H2,1H3. The van der Waals surface area contributed by atoms with Gasteiger partial charge in [-0.3, -0.25) is 0 Å². The van der Waals surface area contributed by atoms with Crippen molar-refractivity contribution in [2.24, 2.45) is 5.73 Å². The number of aryl methyl sites for hydroxylation is 1. The maximum atomic E-state index is 6.08. The molecule has 15 heavy (non-hydrogen) atoms. The van der Waals surface area contributed by atoms with Crippen LogP contribution in [0.4, 0.5) is 0 Å². The van der Waals surface area contributed by atoms with Gasteiger partial charge in [-0.2, -0.15) is 11.3 Å². The lowest BCUT2D eigenvalue weighted by Crippen LogP contribution is -2.25. The molecule has 0 aliphatic heterocycles. The molecular weight excluding hydrogens is 224 g/mol. The number of rotatable bonds is 4. The van der Waals surface area contributed by atoms with Crippen LogP contribution in [0.1, 0.15) is 16.3 Å². The van der Waals surface area contributed by atoms with Crippen LogP contribution in [-0.2, 0) is 12.8 Å². The molecular formula is C11H14N2S2. The molecule has 0 aliphatic rings. The summed E-state index contributed by atoms with van der Waals surface area (Å²) >= 11 is 3.41. The minimum atomic E-state index is 0.182. The second kappa shape index (κ2) is 4.88. The van der Waals surface area contributed by atoms with Crippen LogP contribution < -0.4 is 5.73 Å². The lowest BCUT2D eigenvalue weighted by molar-refractivity contribution is 0.657. The molecule has 0 fully saturated rings. The van der Waals surface area contributed by atoms with Gasteiger partial charge in [-0.15, -0.1) is 11.3 Å². The number of thiazole rings is 1. The van der Waals surface area contributed by atoms with E-state index in [2.05, 4.69) is 27.2 Å². The van der Waals surface area contributed by atoms with E-state index in [4.69, 9.17) is 5.73 Å². The third-order valence-electron chi connectivity index (χ3n) is 2.22. The number of thiophene rings is 1. The van der Waals surface area contributed by atoms with Crippen molar-refractivity contribution in [3.63, 3.8) is 0 Å². The first-order valence-corrected chi connectivity index (χ1v) is 6.74. The van der Waals surface area contributed by atoms with Gasteiger partial charge in [0.2, 0.25) is 0 Å². The Morgan fingerprint density at radius 1 is 1.40 bits per heavy atom. The second-order valence-electron chi connectivity index (χ2n) is 3.66. The predicted octanol–water partition coefficient (Wildman–Crippen LogP) is 2.63. The van der Waals surface area contributed by atoms with E-state index in [0.29, 0.717) is 0 Å². The first-order valence-electron chi connectivity index (χ1n) is 4.91. The Balaban J connectivity index is 1.90. The highest BCUT2D eigenvalue weighted by atomic mass is 32.1. The molecule has 0 amide bonds. The van der Waals surface area contributed by atoms with Gasteiger partial charge >= 0.3 is 0 Å². The van der Waals surface area contributed by atoms with Crippen molar-refractivity contribution in [2.75, 3.05) is 0 Å². The van der Waals surface area contributed by atoms with Crippen molar-refractivity contribution < 1.29 is 0 Å². The third-order valence-corrected chi connectivity index (χ3v) is 3.77. The van der Waals surface area contributed by atoms with Crippen molar-refractivity contribution in [2.45, 2.75) is 25.8 Å². The van der Waals surface area contributed by atoms with Gasteiger partial charge in [-0.25, -0.2) is 4.98 Å². The van der Waals surface area contributed by atoms with Crippen molar-refractivity contribution in [3.05, 3.63) is 38.5 Å². The molecule has 2 heterocycles. The molecule has 0 aromatic carbocycles. The molecule has 0 saturated carbocycles. The van der Waals surface area contributed by atoms with Crippen LogP contribution in [0, 0.1) is 6.92 Å². The van der Waals surface area contributed by atoms with Crippen LogP contribution in [0.25, 0.3) is 0 Å². The number of hydrogen-bond donors (Lipinski definition) is 1. The minimum absolute atomic E-state index is 0.182. The molecule has 1 atom stereocenters. The maximum absolute atomic E-state index is 6.08. The zero-order valence-corrected chi connectivity index (χ0v) is 10.3. The van der Waals surface area contributed by atoms with E-state index in [-0.39, 0.29) is 6.04 Å². The van der Waals surface area contributed by atoms with E-state index in [1.54, 1.807) is 22.7 Å². The highest BCUT2D eigenvalue weighted by molar-refractivity contribution is 7.09. The topological polar surface area (TPSA) is 38.9 Å². The largest absolute Gasteiger partial charge is 0.327 e. The molecule has 2 aromatic heterocycles.